The van der Waals surface area contributed by atoms with Crippen molar-refractivity contribution < 1.29 is 9.18 Å². The third-order valence-electron chi connectivity index (χ3n) is 6.05. The predicted octanol–water partition coefficient (Wildman–Crippen LogP) is 2.55. The van der Waals surface area contributed by atoms with E-state index in [0.29, 0.717) is 11.0 Å². The number of carbonyl (C=O) groups is 1. The molecule has 0 spiro atoms. The lowest BCUT2D eigenvalue weighted by atomic mass is 10.0. The van der Waals surface area contributed by atoms with Gasteiger partial charge in [0.1, 0.15) is 12.4 Å². The molecule has 1 unspecified atom stereocenters. The van der Waals surface area contributed by atoms with E-state index in [4.69, 9.17) is 0 Å². The van der Waals surface area contributed by atoms with Crippen LogP contribution in [0.3, 0.4) is 0 Å². The first-order valence-electron chi connectivity index (χ1n) is 11.0. The monoisotopic (exact) mass is 437 g/mol. The van der Waals surface area contributed by atoms with Crippen molar-refractivity contribution >= 4 is 22.6 Å². The number of nitrogens with zero attached hydrogens (tertiary/aromatic N) is 4. The minimum absolute atomic E-state index is 0.133. The maximum absolute atomic E-state index is 14.1. The van der Waals surface area contributed by atoms with Gasteiger partial charge < -0.3 is 15.1 Å². The number of anilines is 1. The second-order valence-corrected chi connectivity index (χ2v) is 8.08. The first-order chi connectivity index (χ1) is 15.5. The van der Waals surface area contributed by atoms with Gasteiger partial charge in [-0.25, -0.2) is 9.37 Å². The summed E-state index contributed by atoms with van der Waals surface area (Å²) in [6.07, 6.45) is 1.22. The average Bonchev–Trinajstić information content (AvgIpc) is 2.81. The number of hydrogen-bond donors (Lipinski definition) is 1. The predicted molar refractivity (Wildman–Crippen MR) is 123 cm³/mol. The van der Waals surface area contributed by atoms with Gasteiger partial charge in [-0.15, -0.1) is 0 Å². The van der Waals surface area contributed by atoms with Gasteiger partial charge in [0.25, 0.3) is 5.56 Å². The standard InChI is InChI=1S/C24H28FN5O2/c1-3-28-10-12-29(13-11-28)21-9-8-18(25)14-19(21)17(2)27-23(31)16-30-22-7-5-4-6-20(22)26-15-24(30)32/h4-9,14-15,17H,3,10-13,16H2,1-2H3,(H,27,31). The van der Waals surface area contributed by atoms with E-state index in [2.05, 4.69) is 27.0 Å². The van der Waals surface area contributed by atoms with Crippen LogP contribution in [0.15, 0.2) is 53.5 Å². The highest BCUT2D eigenvalue weighted by atomic mass is 19.1. The molecular formula is C24H28FN5O2. The second-order valence-electron chi connectivity index (χ2n) is 8.08. The smallest absolute Gasteiger partial charge is 0.269 e. The molecule has 1 aromatic heterocycles. The van der Waals surface area contributed by atoms with Gasteiger partial charge in [0.15, 0.2) is 0 Å². The maximum atomic E-state index is 14.1. The first-order valence-corrected chi connectivity index (χ1v) is 11.0. The fraction of sp³-hybridized carbons (Fsp3) is 0.375. The fourth-order valence-corrected chi connectivity index (χ4v) is 4.25. The van der Waals surface area contributed by atoms with Crippen molar-refractivity contribution in [1.29, 1.82) is 0 Å². The summed E-state index contributed by atoms with van der Waals surface area (Å²) in [6.45, 7) is 8.47. The van der Waals surface area contributed by atoms with Crippen LogP contribution in [-0.2, 0) is 11.3 Å². The lowest BCUT2D eigenvalue weighted by Crippen LogP contribution is -2.46. The van der Waals surface area contributed by atoms with Crippen LogP contribution in [0.25, 0.3) is 11.0 Å². The molecule has 7 nitrogen and oxygen atoms in total. The highest BCUT2D eigenvalue weighted by Gasteiger charge is 2.22. The number of hydrogen-bond acceptors (Lipinski definition) is 5. The number of likely N-dealkylation sites (N-methyl/N-ethyl adjacent to an activating group) is 1. The van der Waals surface area contributed by atoms with Crippen LogP contribution >= 0.6 is 0 Å². The zero-order valence-corrected chi connectivity index (χ0v) is 18.4. The van der Waals surface area contributed by atoms with E-state index < -0.39 is 6.04 Å². The highest BCUT2D eigenvalue weighted by molar-refractivity contribution is 5.80. The van der Waals surface area contributed by atoms with Gasteiger partial charge in [-0.1, -0.05) is 19.1 Å². The summed E-state index contributed by atoms with van der Waals surface area (Å²) in [6, 6.07) is 11.5. The number of fused-ring (bicyclic) bond motifs is 1. The molecule has 1 amide bonds. The molecule has 168 valence electrons. The van der Waals surface area contributed by atoms with Gasteiger partial charge >= 0.3 is 0 Å². The van der Waals surface area contributed by atoms with E-state index in [0.717, 1.165) is 44.0 Å². The van der Waals surface area contributed by atoms with Gasteiger partial charge in [-0.2, -0.15) is 0 Å². The molecule has 1 N–H and O–H groups in total. The number of aromatic nitrogens is 2. The largest absolute Gasteiger partial charge is 0.369 e. The van der Waals surface area contributed by atoms with Crippen molar-refractivity contribution in [2.24, 2.45) is 0 Å². The lowest BCUT2D eigenvalue weighted by Gasteiger charge is -2.37. The van der Waals surface area contributed by atoms with Crippen molar-refractivity contribution in [2.75, 3.05) is 37.6 Å². The maximum Gasteiger partial charge on any atom is 0.269 e. The molecule has 32 heavy (non-hydrogen) atoms. The van der Waals surface area contributed by atoms with Crippen LogP contribution in [0.2, 0.25) is 0 Å². The quantitative estimate of drug-likeness (QED) is 0.642. The van der Waals surface area contributed by atoms with Crippen molar-refractivity contribution in [3.8, 4) is 0 Å². The van der Waals surface area contributed by atoms with Crippen molar-refractivity contribution in [2.45, 2.75) is 26.4 Å². The minimum atomic E-state index is -0.416. The molecular weight excluding hydrogens is 409 g/mol. The molecule has 1 saturated heterocycles. The van der Waals surface area contributed by atoms with Gasteiger partial charge in [0.05, 0.1) is 23.3 Å². The molecule has 0 radical (unpaired) electrons. The molecule has 4 rings (SSSR count). The molecule has 1 aliphatic heterocycles. The van der Waals surface area contributed by atoms with E-state index in [1.165, 1.54) is 22.9 Å². The van der Waals surface area contributed by atoms with Crippen LogP contribution in [0, 0.1) is 5.82 Å². The summed E-state index contributed by atoms with van der Waals surface area (Å²) in [5.41, 5.74) is 2.57. The molecule has 0 aliphatic carbocycles. The Kier molecular flexibility index (Phi) is 6.50. The fourth-order valence-electron chi connectivity index (χ4n) is 4.25. The van der Waals surface area contributed by atoms with Crippen molar-refractivity contribution in [1.82, 2.24) is 19.8 Å². The number of amides is 1. The van der Waals surface area contributed by atoms with Gasteiger partial charge in [-0.05, 0) is 43.8 Å². The number of carbonyl (C=O) groups excluding carboxylic acids is 1. The molecule has 2 heterocycles. The lowest BCUT2D eigenvalue weighted by molar-refractivity contribution is -0.122. The Bertz CT molecular complexity index is 1170. The Labute approximate surface area is 186 Å². The second kappa shape index (κ2) is 9.48. The molecule has 8 heteroatoms. The number of nitrogens with one attached hydrogen (secondary N) is 1. The van der Waals surface area contributed by atoms with Crippen LogP contribution in [0.5, 0.6) is 0 Å². The molecule has 1 aliphatic rings. The van der Waals surface area contributed by atoms with E-state index in [1.807, 2.05) is 13.0 Å². The highest BCUT2D eigenvalue weighted by Crippen LogP contribution is 2.28. The third kappa shape index (κ3) is 4.65. The number of rotatable bonds is 6. The Balaban J connectivity index is 1.53. The summed E-state index contributed by atoms with van der Waals surface area (Å²) in [4.78, 5) is 33.9. The number of para-hydroxylation sites is 2. The summed E-state index contributed by atoms with van der Waals surface area (Å²) in [5.74, 6) is -0.657. The SMILES string of the molecule is CCN1CCN(c2ccc(F)cc2C(C)NC(=O)Cn2c(=O)cnc3ccccc32)CC1. The van der Waals surface area contributed by atoms with E-state index in [-0.39, 0.29) is 23.8 Å². The van der Waals surface area contributed by atoms with Crippen LogP contribution < -0.4 is 15.8 Å². The Hall–Kier alpha value is -3.26. The van der Waals surface area contributed by atoms with Crippen molar-refractivity contribution in [3.05, 3.63) is 70.4 Å². The summed E-state index contributed by atoms with van der Waals surface area (Å²) < 4.78 is 15.5. The van der Waals surface area contributed by atoms with Crippen molar-refractivity contribution in [3.63, 3.8) is 0 Å². The topological polar surface area (TPSA) is 70.5 Å². The number of piperazine rings is 1. The Morgan fingerprint density at radius 1 is 1.16 bits per heavy atom. The number of benzene rings is 2. The van der Waals surface area contributed by atoms with Crippen LogP contribution in [0.1, 0.15) is 25.5 Å². The van der Waals surface area contributed by atoms with E-state index in [1.54, 1.807) is 24.3 Å². The Morgan fingerprint density at radius 3 is 2.66 bits per heavy atom. The molecule has 1 atom stereocenters. The average molecular weight is 438 g/mol. The summed E-state index contributed by atoms with van der Waals surface area (Å²) in [7, 11) is 0. The molecule has 0 saturated carbocycles. The van der Waals surface area contributed by atoms with Gasteiger partial charge in [-0.3, -0.25) is 14.2 Å². The van der Waals surface area contributed by atoms with Gasteiger partial charge in [0, 0.05) is 37.4 Å². The molecule has 3 aromatic rings. The first kappa shape index (κ1) is 22.0. The minimum Gasteiger partial charge on any atom is -0.369 e. The normalized spacial score (nSPS) is 15.7. The molecule has 0 bridgehead atoms. The van der Waals surface area contributed by atoms with E-state index in [9.17, 15) is 14.0 Å². The van der Waals surface area contributed by atoms with Crippen LogP contribution in [-0.4, -0.2) is 53.1 Å². The number of halogens is 1. The molecule has 2 aromatic carbocycles. The zero-order valence-electron chi connectivity index (χ0n) is 18.4. The van der Waals surface area contributed by atoms with E-state index >= 15 is 0 Å². The third-order valence-corrected chi connectivity index (χ3v) is 6.05. The van der Waals surface area contributed by atoms with Crippen LogP contribution in [0.4, 0.5) is 10.1 Å². The Morgan fingerprint density at radius 2 is 1.91 bits per heavy atom. The molecule has 1 fully saturated rings. The summed E-state index contributed by atoms with van der Waals surface area (Å²) >= 11 is 0. The van der Waals surface area contributed by atoms with Gasteiger partial charge in [0.2, 0.25) is 5.91 Å². The summed E-state index contributed by atoms with van der Waals surface area (Å²) in [5, 5.41) is 2.94. The zero-order chi connectivity index (χ0) is 22.7.